The Morgan fingerprint density at radius 1 is 1.08 bits per heavy atom. The molecule has 4 heteroatoms. The Bertz CT molecular complexity index is 800. The van der Waals surface area contributed by atoms with Crippen LogP contribution in [0, 0.1) is 0 Å². The first-order valence-corrected chi connectivity index (χ1v) is 11.4. The zero-order chi connectivity index (χ0) is 18.8. The number of carbonyl (C=O) groups is 1. The summed E-state index contributed by atoms with van der Waals surface area (Å²) in [5.41, 5.74) is 1.37. The van der Waals surface area contributed by atoms with Gasteiger partial charge in [-0.25, -0.2) is 4.79 Å². The topological polar surface area (TPSA) is 35.5 Å². The third-order valence-corrected chi connectivity index (χ3v) is 9.03. The van der Waals surface area contributed by atoms with Crippen molar-refractivity contribution in [3.63, 3.8) is 0 Å². The Labute approximate surface area is 151 Å². The Kier molecular flexibility index (Phi) is 5.42. The lowest BCUT2D eigenvalue weighted by Crippen LogP contribution is -2.43. The van der Waals surface area contributed by atoms with E-state index in [-0.39, 0.29) is 17.6 Å². The van der Waals surface area contributed by atoms with Crippen molar-refractivity contribution >= 4 is 25.1 Å². The molecule has 0 saturated carbocycles. The van der Waals surface area contributed by atoms with Crippen molar-refractivity contribution in [2.45, 2.75) is 45.8 Å². The first-order chi connectivity index (χ1) is 11.5. The number of fused-ring (bicyclic) bond motifs is 1. The Morgan fingerprint density at radius 3 is 2.28 bits per heavy atom. The molecule has 2 aromatic rings. The van der Waals surface area contributed by atoms with Gasteiger partial charge in [0.2, 0.25) is 8.32 Å². The number of hydrogen-bond donors (Lipinski definition) is 0. The van der Waals surface area contributed by atoms with Crippen LogP contribution >= 0.6 is 0 Å². The highest BCUT2D eigenvalue weighted by molar-refractivity contribution is 6.74. The molecule has 0 unspecified atom stereocenters. The summed E-state index contributed by atoms with van der Waals surface area (Å²) in [6.45, 7) is 17.0. The molecule has 0 heterocycles. The molecule has 0 spiro atoms. The van der Waals surface area contributed by atoms with E-state index in [0.29, 0.717) is 5.56 Å². The molecular weight excluding hydrogens is 328 g/mol. The predicted octanol–water partition coefficient (Wildman–Crippen LogP) is 5.96. The molecule has 134 valence electrons. The zero-order valence-corrected chi connectivity index (χ0v) is 17.1. The average Bonchev–Trinajstić information content (AvgIpc) is 2.50. The number of rotatable bonds is 5. The fourth-order valence-electron chi connectivity index (χ4n) is 2.13. The van der Waals surface area contributed by atoms with E-state index in [1.54, 1.807) is 6.07 Å². The SMILES string of the molecule is C=C(C)COC(=O)c1ccc2cc(O[Si](C)(C)C(C)(C)C)ccc2c1. The van der Waals surface area contributed by atoms with Crippen molar-refractivity contribution in [1.29, 1.82) is 0 Å². The monoisotopic (exact) mass is 356 g/mol. The van der Waals surface area contributed by atoms with Crippen LogP contribution in [0.4, 0.5) is 0 Å². The van der Waals surface area contributed by atoms with E-state index < -0.39 is 8.32 Å². The minimum Gasteiger partial charge on any atom is -0.543 e. The van der Waals surface area contributed by atoms with E-state index in [4.69, 9.17) is 9.16 Å². The quantitative estimate of drug-likeness (QED) is 0.377. The van der Waals surface area contributed by atoms with Gasteiger partial charge in [0.15, 0.2) is 0 Å². The zero-order valence-electron chi connectivity index (χ0n) is 16.1. The normalized spacial score (nSPS) is 12.1. The van der Waals surface area contributed by atoms with Crippen LogP contribution in [0.1, 0.15) is 38.1 Å². The van der Waals surface area contributed by atoms with Gasteiger partial charge in [0, 0.05) is 0 Å². The molecule has 0 aliphatic carbocycles. The van der Waals surface area contributed by atoms with E-state index in [9.17, 15) is 4.79 Å². The summed E-state index contributed by atoms with van der Waals surface area (Å²) in [4.78, 5) is 12.1. The number of hydrogen-bond acceptors (Lipinski definition) is 3. The van der Waals surface area contributed by atoms with E-state index in [2.05, 4.69) is 40.4 Å². The van der Waals surface area contributed by atoms with Crippen molar-refractivity contribution in [3.8, 4) is 5.75 Å². The summed E-state index contributed by atoms with van der Waals surface area (Å²) >= 11 is 0. The Morgan fingerprint density at radius 2 is 1.68 bits per heavy atom. The van der Waals surface area contributed by atoms with Crippen molar-refractivity contribution in [3.05, 3.63) is 54.1 Å². The van der Waals surface area contributed by atoms with Gasteiger partial charge in [0.05, 0.1) is 5.56 Å². The first-order valence-electron chi connectivity index (χ1n) is 8.54. The first kappa shape index (κ1) is 19.3. The van der Waals surface area contributed by atoms with Crippen LogP contribution in [0.5, 0.6) is 5.75 Å². The van der Waals surface area contributed by atoms with Crippen LogP contribution < -0.4 is 4.43 Å². The Balaban J connectivity index is 2.24. The summed E-state index contributed by atoms with van der Waals surface area (Å²) in [6, 6.07) is 11.6. The van der Waals surface area contributed by atoms with E-state index >= 15 is 0 Å². The van der Waals surface area contributed by atoms with Gasteiger partial charge >= 0.3 is 5.97 Å². The molecule has 0 bridgehead atoms. The minimum absolute atomic E-state index is 0.152. The third kappa shape index (κ3) is 4.72. The van der Waals surface area contributed by atoms with Gasteiger partial charge in [-0.15, -0.1) is 0 Å². The smallest absolute Gasteiger partial charge is 0.338 e. The molecule has 0 atom stereocenters. The van der Waals surface area contributed by atoms with Gasteiger partial charge in [-0.2, -0.15) is 0 Å². The van der Waals surface area contributed by atoms with Crippen molar-refractivity contribution in [1.82, 2.24) is 0 Å². The summed E-state index contributed by atoms with van der Waals surface area (Å²) in [5, 5.41) is 2.19. The maximum absolute atomic E-state index is 12.1. The molecule has 0 saturated heterocycles. The van der Waals surface area contributed by atoms with Crippen LogP contribution in [0.2, 0.25) is 18.1 Å². The molecular formula is C21H28O3Si. The molecule has 0 aliphatic heterocycles. The highest BCUT2D eigenvalue weighted by atomic mass is 28.4. The summed E-state index contributed by atoms with van der Waals surface area (Å²) in [7, 11) is -1.87. The van der Waals surface area contributed by atoms with E-state index in [1.165, 1.54) is 0 Å². The molecule has 0 aromatic heterocycles. The fraction of sp³-hybridized carbons (Fsp3) is 0.381. The summed E-state index contributed by atoms with van der Waals surface area (Å²) in [6.07, 6.45) is 0. The molecule has 2 aromatic carbocycles. The second kappa shape index (κ2) is 7.04. The molecule has 0 N–H and O–H groups in total. The van der Waals surface area contributed by atoms with Gasteiger partial charge in [-0.1, -0.05) is 39.5 Å². The van der Waals surface area contributed by atoms with E-state index in [0.717, 1.165) is 22.1 Å². The van der Waals surface area contributed by atoms with Crippen LogP contribution in [0.15, 0.2) is 48.6 Å². The summed E-state index contributed by atoms with van der Waals surface area (Å²) in [5.74, 6) is 0.559. The standard InChI is InChI=1S/C21H28O3Si/c1-15(2)14-23-20(22)18-9-8-17-13-19(11-10-16(17)12-18)24-25(6,7)21(3,4)5/h8-13H,1,14H2,2-7H3. The van der Waals surface area contributed by atoms with Gasteiger partial charge in [0.25, 0.3) is 0 Å². The van der Waals surface area contributed by atoms with Gasteiger partial charge < -0.3 is 9.16 Å². The van der Waals surface area contributed by atoms with E-state index in [1.807, 2.05) is 37.3 Å². The lowest BCUT2D eigenvalue weighted by Gasteiger charge is -2.36. The highest BCUT2D eigenvalue weighted by Gasteiger charge is 2.38. The lowest BCUT2D eigenvalue weighted by atomic mass is 10.1. The molecule has 0 aliphatic rings. The minimum atomic E-state index is -1.87. The van der Waals surface area contributed by atoms with Gasteiger partial charge in [0.1, 0.15) is 12.4 Å². The third-order valence-electron chi connectivity index (χ3n) is 4.68. The van der Waals surface area contributed by atoms with Crippen LogP contribution in [-0.4, -0.2) is 20.9 Å². The maximum Gasteiger partial charge on any atom is 0.338 e. The molecule has 25 heavy (non-hydrogen) atoms. The van der Waals surface area contributed by atoms with Crippen molar-refractivity contribution in [2.24, 2.45) is 0 Å². The molecule has 0 fully saturated rings. The number of carbonyl (C=O) groups excluding carboxylic acids is 1. The molecule has 0 amide bonds. The largest absolute Gasteiger partial charge is 0.543 e. The van der Waals surface area contributed by atoms with Crippen molar-refractivity contribution < 1.29 is 14.0 Å². The highest BCUT2D eigenvalue weighted by Crippen LogP contribution is 2.37. The molecule has 3 nitrogen and oxygen atoms in total. The molecule has 0 radical (unpaired) electrons. The summed E-state index contributed by atoms with van der Waals surface area (Å²) < 4.78 is 11.6. The van der Waals surface area contributed by atoms with Crippen LogP contribution in [0.3, 0.4) is 0 Å². The molecule has 2 rings (SSSR count). The average molecular weight is 357 g/mol. The predicted molar refractivity (Wildman–Crippen MR) is 107 cm³/mol. The number of ether oxygens (including phenoxy) is 1. The van der Waals surface area contributed by atoms with Gasteiger partial charge in [-0.3, -0.25) is 0 Å². The van der Waals surface area contributed by atoms with Crippen LogP contribution in [-0.2, 0) is 4.74 Å². The Hall–Kier alpha value is -2.07. The maximum atomic E-state index is 12.1. The van der Waals surface area contributed by atoms with Crippen molar-refractivity contribution in [2.75, 3.05) is 6.61 Å². The second-order valence-electron chi connectivity index (χ2n) is 8.12. The second-order valence-corrected chi connectivity index (χ2v) is 12.8. The van der Waals surface area contributed by atoms with Crippen LogP contribution in [0.25, 0.3) is 10.8 Å². The van der Waals surface area contributed by atoms with Gasteiger partial charge in [-0.05, 0) is 65.7 Å². The lowest BCUT2D eigenvalue weighted by molar-refractivity contribution is 0.0540. The fourth-order valence-corrected chi connectivity index (χ4v) is 3.16. The number of esters is 1. The number of benzene rings is 2.